The molecule has 0 aliphatic rings. The number of benzene rings is 1. The molecule has 0 heterocycles. The second-order valence-corrected chi connectivity index (χ2v) is 6.31. The smallest absolute Gasteiger partial charge is 0.322 e. The molecule has 7 heteroatoms. The lowest BCUT2D eigenvalue weighted by Gasteiger charge is -2.18. The summed E-state index contributed by atoms with van der Waals surface area (Å²) in [4.78, 5) is 10.7. The first-order valence-corrected chi connectivity index (χ1v) is 7.14. The van der Waals surface area contributed by atoms with Crippen molar-refractivity contribution in [3.63, 3.8) is 0 Å². The number of nitrogens with one attached hydrogen (secondary N) is 1. The highest BCUT2D eigenvalue weighted by molar-refractivity contribution is 7.89. The number of aliphatic carboxylic acids is 1. The first kappa shape index (κ1) is 15.6. The predicted molar refractivity (Wildman–Crippen MR) is 67.7 cm³/mol. The zero-order valence-corrected chi connectivity index (χ0v) is 11.7. The van der Waals surface area contributed by atoms with Gasteiger partial charge in [0.2, 0.25) is 10.0 Å². The average Bonchev–Trinajstić information content (AvgIpc) is 2.28. The molecular formula is C12H16FNO4S. The summed E-state index contributed by atoms with van der Waals surface area (Å²) in [6.45, 7) is 4.67. The average molecular weight is 289 g/mol. The van der Waals surface area contributed by atoms with E-state index in [1.54, 1.807) is 13.8 Å². The Labute approximate surface area is 111 Å². The summed E-state index contributed by atoms with van der Waals surface area (Å²) in [5, 5.41) is 8.95. The molecule has 0 aliphatic carbocycles. The number of hydrogen-bond donors (Lipinski definition) is 2. The quantitative estimate of drug-likeness (QED) is 0.861. The van der Waals surface area contributed by atoms with Gasteiger partial charge in [-0.15, -0.1) is 0 Å². The van der Waals surface area contributed by atoms with Crippen molar-refractivity contribution in [1.82, 2.24) is 4.72 Å². The van der Waals surface area contributed by atoms with Gasteiger partial charge in [0.25, 0.3) is 0 Å². The molecular weight excluding hydrogens is 273 g/mol. The van der Waals surface area contributed by atoms with Crippen molar-refractivity contribution in [2.45, 2.75) is 31.7 Å². The number of carboxylic acids is 1. The summed E-state index contributed by atoms with van der Waals surface area (Å²) < 4.78 is 39.4. The molecule has 2 N–H and O–H groups in total. The Morgan fingerprint density at radius 1 is 1.37 bits per heavy atom. The molecule has 0 aromatic heterocycles. The van der Waals surface area contributed by atoms with Crippen molar-refractivity contribution >= 4 is 16.0 Å². The van der Waals surface area contributed by atoms with Crippen LogP contribution in [-0.2, 0) is 14.8 Å². The van der Waals surface area contributed by atoms with Crippen molar-refractivity contribution < 1.29 is 22.7 Å². The van der Waals surface area contributed by atoms with Gasteiger partial charge in [-0.25, -0.2) is 12.8 Å². The molecule has 0 bridgehead atoms. The van der Waals surface area contributed by atoms with Crippen LogP contribution in [0.5, 0.6) is 0 Å². The van der Waals surface area contributed by atoms with Crippen LogP contribution in [0.2, 0.25) is 0 Å². The monoisotopic (exact) mass is 289 g/mol. The first-order chi connectivity index (χ1) is 8.65. The number of rotatable bonds is 5. The second-order valence-electron chi connectivity index (χ2n) is 4.59. The fourth-order valence-electron chi connectivity index (χ4n) is 1.45. The molecule has 0 saturated heterocycles. The lowest BCUT2D eigenvalue weighted by Crippen LogP contribution is -2.44. The van der Waals surface area contributed by atoms with E-state index in [4.69, 9.17) is 5.11 Å². The molecule has 1 aromatic rings. The standard InChI is InChI=1S/C12H16FNO4S/c1-7(2)11(12(15)16)14-19(17,18)9-5-4-8(3)10(13)6-9/h4-7,11,14H,1-3H3,(H,15,16)/t11-/m1/s1. The summed E-state index contributed by atoms with van der Waals surface area (Å²) in [7, 11) is -4.06. The SMILES string of the molecule is Cc1ccc(S(=O)(=O)N[C@@H](C(=O)O)C(C)C)cc1F. The number of aryl methyl sites for hydroxylation is 1. The molecule has 0 spiro atoms. The molecule has 1 aromatic carbocycles. The minimum Gasteiger partial charge on any atom is -0.480 e. The largest absolute Gasteiger partial charge is 0.480 e. The maximum absolute atomic E-state index is 13.4. The van der Waals surface area contributed by atoms with Crippen molar-refractivity contribution in [3.8, 4) is 0 Å². The van der Waals surface area contributed by atoms with Crippen LogP contribution in [-0.4, -0.2) is 25.5 Å². The summed E-state index contributed by atoms with van der Waals surface area (Å²) in [5.74, 6) is -2.35. The lowest BCUT2D eigenvalue weighted by molar-refractivity contribution is -0.140. The maximum Gasteiger partial charge on any atom is 0.322 e. The minimum atomic E-state index is -4.06. The highest BCUT2D eigenvalue weighted by Gasteiger charge is 2.28. The molecule has 5 nitrogen and oxygen atoms in total. The Balaban J connectivity index is 3.10. The number of halogens is 1. The van der Waals surface area contributed by atoms with E-state index >= 15 is 0 Å². The van der Waals surface area contributed by atoms with Gasteiger partial charge in [0.1, 0.15) is 11.9 Å². The van der Waals surface area contributed by atoms with Gasteiger partial charge in [-0.1, -0.05) is 19.9 Å². The molecule has 19 heavy (non-hydrogen) atoms. The van der Waals surface area contributed by atoms with Crippen molar-refractivity contribution in [2.24, 2.45) is 5.92 Å². The van der Waals surface area contributed by atoms with Crippen molar-refractivity contribution in [2.75, 3.05) is 0 Å². The Bertz CT molecular complexity index is 583. The highest BCUT2D eigenvalue weighted by Crippen LogP contribution is 2.15. The number of hydrogen-bond acceptors (Lipinski definition) is 3. The van der Waals surface area contributed by atoms with E-state index in [2.05, 4.69) is 4.72 Å². The van der Waals surface area contributed by atoms with Gasteiger partial charge < -0.3 is 5.11 Å². The van der Waals surface area contributed by atoms with Gasteiger partial charge >= 0.3 is 5.97 Å². The lowest BCUT2D eigenvalue weighted by atomic mass is 10.1. The zero-order valence-electron chi connectivity index (χ0n) is 10.8. The summed E-state index contributed by atoms with van der Waals surface area (Å²) >= 11 is 0. The molecule has 0 amide bonds. The predicted octanol–water partition coefficient (Wildman–Crippen LogP) is 1.52. The van der Waals surface area contributed by atoms with Crippen molar-refractivity contribution in [1.29, 1.82) is 0 Å². The summed E-state index contributed by atoms with van der Waals surface area (Å²) in [5.41, 5.74) is 0.317. The van der Waals surface area contributed by atoms with Gasteiger partial charge in [0.05, 0.1) is 4.90 Å². The fourth-order valence-corrected chi connectivity index (χ4v) is 2.80. The molecule has 0 radical (unpaired) electrons. The molecule has 0 saturated carbocycles. The minimum absolute atomic E-state index is 0.289. The molecule has 0 unspecified atom stereocenters. The number of sulfonamides is 1. The van der Waals surface area contributed by atoms with Crippen LogP contribution in [0.1, 0.15) is 19.4 Å². The van der Waals surface area contributed by atoms with Gasteiger partial charge in [-0.2, -0.15) is 4.72 Å². The van der Waals surface area contributed by atoms with E-state index in [-0.39, 0.29) is 4.90 Å². The number of carboxylic acid groups (broad SMARTS) is 1. The Kier molecular flexibility index (Phi) is 4.65. The number of carbonyl (C=O) groups is 1. The zero-order chi connectivity index (χ0) is 14.8. The van der Waals surface area contributed by atoms with Gasteiger partial charge in [0.15, 0.2) is 0 Å². The Hall–Kier alpha value is -1.47. The summed E-state index contributed by atoms with van der Waals surface area (Å²) in [6.07, 6.45) is 0. The van der Waals surface area contributed by atoms with E-state index in [9.17, 15) is 17.6 Å². The third kappa shape index (κ3) is 3.74. The fraction of sp³-hybridized carbons (Fsp3) is 0.417. The normalized spacial score (nSPS) is 13.5. The second kappa shape index (κ2) is 5.66. The van der Waals surface area contributed by atoms with Gasteiger partial charge in [-0.3, -0.25) is 4.79 Å². The van der Waals surface area contributed by atoms with Gasteiger partial charge in [-0.05, 0) is 30.5 Å². The Morgan fingerprint density at radius 3 is 2.37 bits per heavy atom. The van der Waals surface area contributed by atoms with E-state index in [0.29, 0.717) is 5.56 Å². The van der Waals surface area contributed by atoms with Crippen LogP contribution >= 0.6 is 0 Å². The van der Waals surface area contributed by atoms with E-state index in [1.807, 2.05) is 0 Å². The topological polar surface area (TPSA) is 83.5 Å². The van der Waals surface area contributed by atoms with Crippen molar-refractivity contribution in [3.05, 3.63) is 29.6 Å². The van der Waals surface area contributed by atoms with E-state index < -0.39 is 33.8 Å². The third-order valence-corrected chi connectivity index (χ3v) is 4.11. The van der Waals surface area contributed by atoms with Crippen LogP contribution in [0, 0.1) is 18.7 Å². The van der Waals surface area contributed by atoms with Crippen LogP contribution in [0.4, 0.5) is 4.39 Å². The van der Waals surface area contributed by atoms with Gasteiger partial charge in [0, 0.05) is 0 Å². The first-order valence-electron chi connectivity index (χ1n) is 5.66. The van der Waals surface area contributed by atoms with Crippen LogP contribution in [0.25, 0.3) is 0 Å². The third-order valence-electron chi connectivity index (χ3n) is 2.67. The highest BCUT2D eigenvalue weighted by atomic mass is 32.2. The molecule has 1 atom stereocenters. The van der Waals surface area contributed by atoms with Crippen LogP contribution in [0.3, 0.4) is 0 Å². The molecule has 0 fully saturated rings. The van der Waals surface area contributed by atoms with Crippen LogP contribution < -0.4 is 4.72 Å². The maximum atomic E-state index is 13.4. The molecule has 0 aliphatic heterocycles. The van der Waals surface area contributed by atoms with E-state index in [0.717, 1.165) is 6.07 Å². The van der Waals surface area contributed by atoms with E-state index in [1.165, 1.54) is 19.1 Å². The molecule has 1 rings (SSSR count). The molecule has 106 valence electrons. The van der Waals surface area contributed by atoms with Crippen LogP contribution in [0.15, 0.2) is 23.1 Å². The summed E-state index contributed by atoms with van der Waals surface area (Å²) in [6, 6.07) is 2.18. The Morgan fingerprint density at radius 2 is 1.95 bits per heavy atom.